The summed E-state index contributed by atoms with van der Waals surface area (Å²) >= 11 is 12.3. The van der Waals surface area contributed by atoms with Gasteiger partial charge >= 0.3 is 6.01 Å². The van der Waals surface area contributed by atoms with Gasteiger partial charge in [0.25, 0.3) is 5.91 Å². The number of carbonyl (C=O) groups excluding carboxylic acids is 1. The molecule has 12 heteroatoms. The number of hydrogen-bond donors (Lipinski definition) is 0. The molecule has 39 heavy (non-hydrogen) atoms. The molecule has 202 valence electrons. The van der Waals surface area contributed by atoms with Gasteiger partial charge in [-0.1, -0.05) is 35.3 Å². The minimum absolute atomic E-state index is 0.101. The number of halogens is 3. The Balaban J connectivity index is 1.79. The van der Waals surface area contributed by atoms with Crippen molar-refractivity contribution < 1.29 is 23.4 Å². The van der Waals surface area contributed by atoms with E-state index in [0.717, 1.165) is 5.56 Å². The van der Waals surface area contributed by atoms with Crippen molar-refractivity contribution in [2.75, 3.05) is 32.8 Å². The summed E-state index contributed by atoms with van der Waals surface area (Å²) in [6.45, 7) is 2.27. The van der Waals surface area contributed by atoms with Crippen molar-refractivity contribution in [2.45, 2.75) is 19.0 Å². The van der Waals surface area contributed by atoms with Crippen molar-refractivity contribution in [3.63, 3.8) is 0 Å². The predicted octanol–water partition coefficient (Wildman–Crippen LogP) is 5.76. The van der Waals surface area contributed by atoms with E-state index in [1.54, 1.807) is 24.1 Å². The number of nitrogens with zero attached hydrogens (tertiary/aromatic N) is 5. The first-order valence-corrected chi connectivity index (χ1v) is 12.6. The maximum absolute atomic E-state index is 14.1. The Morgan fingerprint density at radius 3 is 2.44 bits per heavy atom. The maximum atomic E-state index is 14.1. The van der Waals surface area contributed by atoms with E-state index in [1.165, 1.54) is 38.6 Å². The Labute approximate surface area is 234 Å². The van der Waals surface area contributed by atoms with E-state index in [1.807, 2.05) is 23.6 Å². The fourth-order valence-corrected chi connectivity index (χ4v) is 5.08. The van der Waals surface area contributed by atoms with Crippen LogP contribution in [0.3, 0.4) is 0 Å². The number of fused-ring (bicyclic) bond motifs is 1. The summed E-state index contributed by atoms with van der Waals surface area (Å²) in [7, 11) is 4.53. The van der Waals surface area contributed by atoms with Crippen molar-refractivity contribution in [2.24, 2.45) is 0 Å². The highest BCUT2D eigenvalue weighted by molar-refractivity contribution is 6.31. The number of methoxy groups -OCH3 is 3. The van der Waals surface area contributed by atoms with Gasteiger partial charge in [-0.2, -0.15) is 4.98 Å². The Morgan fingerprint density at radius 1 is 1.05 bits per heavy atom. The van der Waals surface area contributed by atoms with Gasteiger partial charge in [-0.15, -0.1) is 0 Å². The van der Waals surface area contributed by atoms with Crippen LogP contribution in [0.25, 0.3) is 11.4 Å². The Morgan fingerprint density at radius 2 is 1.79 bits per heavy atom. The van der Waals surface area contributed by atoms with E-state index in [0.29, 0.717) is 34.4 Å². The molecule has 3 heterocycles. The van der Waals surface area contributed by atoms with Crippen molar-refractivity contribution in [1.82, 2.24) is 19.5 Å². The molecule has 0 aliphatic carbocycles. The Hall–Kier alpha value is -3.73. The molecule has 2 atom stereocenters. The first kappa shape index (κ1) is 26.9. The third kappa shape index (κ3) is 4.69. The lowest BCUT2D eigenvalue weighted by Crippen LogP contribution is -2.30. The second-order valence-electron chi connectivity index (χ2n) is 8.85. The summed E-state index contributed by atoms with van der Waals surface area (Å²) in [5.41, 5.74) is 2.48. The fraction of sp³-hybridized carbons (Fsp3) is 0.259. The standard InChI is InChI=1S/C27H24Cl2FN5O4/c1-14(13-37-2)34-23-21(32-24(34)18-12-31-27(39-4)33-25(18)38-3)26(36)35(17-9-10-20(30)19(29)11-17)22(23)15-5-7-16(28)8-6-15/h5-12,14,22H,13H2,1-4H3/t14-,22+/m1/s1. The zero-order valence-corrected chi connectivity index (χ0v) is 23.0. The molecule has 2 aromatic carbocycles. The van der Waals surface area contributed by atoms with Gasteiger partial charge in [0.05, 0.1) is 43.1 Å². The van der Waals surface area contributed by atoms with Gasteiger partial charge < -0.3 is 18.8 Å². The van der Waals surface area contributed by atoms with Gasteiger partial charge in [0.1, 0.15) is 17.7 Å². The molecule has 0 unspecified atom stereocenters. The Bertz CT molecular complexity index is 1550. The third-order valence-corrected chi connectivity index (χ3v) is 6.99. The fourth-order valence-electron chi connectivity index (χ4n) is 4.78. The average Bonchev–Trinajstić information content (AvgIpc) is 3.45. The molecule has 0 saturated carbocycles. The van der Waals surface area contributed by atoms with Gasteiger partial charge in [0.15, 0.2) is 5.69 Å². The average molecular weight is 572 g/mol. The van der Waals surface area contributed by atoms with E-state index in [2.05, 4.69) is 9.97 Å². The van der Waals surface area contributed by atoms with E-state index in [-0.39, 0.29) is 34.6 Å². The number of imidazole rings is 1. The molecule has 1 aliphatic rings. The molecule has 0 fully saturated rings. The number of ether oxygens (including phenoxy) is 3. The van der Waals surface area contributed by atoms with Gasteiger partial charge in [-0.05, 0) is 42.8 Å². The lowest BCUT2D eigenvalue weighted by Gasteiger charge is -2.29. The number of anilines is 1. The van der Waals surface area contributed by atoms with Crippen LogP contribution in [-0.4, -0.2) is 53.4 Å². The highest BCUT2D eigenvalue weighted by Crippen LogP contribution is 2.46. The van der Waals surface area contributed by atoms with Crippen molar-refractivity contribution in [1.29, 1.82) is 0 Å². The molecule has 1 amide bonds. The van der Waals surface area contributed by atoms with Gasteiger partial charge in [0.2, 0.25) is 5.88 Å². The quantitative estimate of drug-likeness (QED) is 0.265. The summed E-state index contributed by atoms with van der Waals surface area (Å²) in [4.78, 5) is 28.9. The molecule has 1 aliphatic heterocycles. The number of benzene rings is 2. The SMILES string of the molecule is COC[C@@H](C)n1c(-c2cnc(OC)nc2OC)nc2c1[C@H](c1ccc(Cl)cc1)N(c1ccc(F)c(Cl)c1)C2=O. The molecule has 5 rings (SSSR count). The van der Waals surface area contributed by atoms with E-state index in [4.69, 9.17) is 42.4 Å². The van der Waals surface area contributed by atoms with Gasteiger partial charge in [0, 0.05) is 24.0 Å². The smallest absolute Gasteiger partial charge is 0.319 e. The Kier molecular flexibility index (Phi) is 7.44. The molecule has 0 N–H and O–H groups in total. The van der Waals surface area contributed by atoms with Crippen LogP contribution in [0.2, 0.25) is 10.0 Å². The number of rotatable bonds is 8. The van der Waals surface area contributed by atoms with Crippen molar-refractivity contribution >= 4 is 34.8 Å². The second-order valence-corrected chi connectivity index (χ2v) is 9.69. The minimum atomic E-state index is -0.642. The summed E-state index contributed by atoms with van der Waals surface area (Å²) < 4.78 is 32.1. The van der Waals surface area contributed by atoms with Crippen LogP contribution in [0.15, 0.2) is 48.7 Å². The predicted molar refractivity (Wildman–Crippen MR) is 144 cm³/mol. The molecular weight excluding hydrogens is 548 g/mol. The molecule has 4 aromatic rings. The minimum Gasteiger partial charge on any atom is -0.480 e. The van der Waals surface area contributed by atoms with E-state index >= 15 is 0 Å². The first-order valence-electron chi connectivity index (χ1n) is 11.9. The second kappa shape index (κ2) is 10.8. The van der Waals surface area contributed by atoms with Crippen LogP contribution in [0.5, 0.6) is 11.9 Å². The monoisotopic (exact) mass is 571 g/mol. The highest BCUT2D eigenvalue weighted by Gasteiger charge is 2.45. The highest BCUT2D eigenvalue weighted by atomic mass is 35.5. The van der Waals surface area contributed by atoms with Crippen LogP contribution < -0.4 is 14.4 Å². The first-order chi connectivity index (χ1) is 18.8. The molecule has 2 aromatic heterocycles. The van der Waals surface area contributed by atoms with Crippen LogP contribution in [0.4, 0.5) is 10.1 Å². The lowest BCUT2D eigenvalue weighted by molar-refractivity contribution is 0.0989. The molecular formula is C27H24Cl2FN5O4. The van der Waals surface area contributed by atoms with Gasteiger partial charge in [-0.25, -0.2) is 14.4 Å². The normalized spacial score (nSPS) is 15.4. The topological polar surface area (TPSA) is 91.6 Å². The largest absolute Gasteiger partial charge is 0.480 e. The zero-order chi connectivity index (χ0) is 27.8. The summed E-state index contributed by atoms with van der Waals surface area (Å²) in [6.07, 6.45) is 1.54. The number of amides is 1. The maximum Gasteiger partial charge on any atom is 0.319 e. The van der Waals surface area contributed by atoms with Crippen molar-refractivity contribution in [3.8, 4) is 23.3 Å². The molecule has 0 saturated heterocycles. The van der Waals surface area contributed by atoms with Crippen LogP contribution in [-0.2, 0) is 4.74 Å². The van der Waals surface area contributed by atoms with Crippen LogP contribution >= 0.6 is 23.2 Å². The third-order valence-electron chi connectivity index (χ3n) is 6.45. The van der Waals surface area contributed by atoms with Crippen LogP contribution in [0.1, 0.15) is 40.8 Å². The number of hydrogen-bond acceptors (Lipinski definition) is 7. The summed E-state index contributed by atoms with van der Waals surface area (Å²) in [6, 6.07) is 10.5. The molecule has 0 spiro atoms. The number of aromatic nitrogens is 4. The summed E-state index contributed by atoms with van der Waals surface area (Å²) in [5, 5.41) is 0.442. The van der Waals surface area contributed by atoms with E-state index in [9.17, 15) is 9.18 Å². The molecule has 0 bridgehead atoms. The van der Waals surface area contributed by atoms with Gasteiger partial charge in [-0.3, -0.25) is 9.69 Å². The van der Waals surface area contributed by atoms with Crippen LogP contribution in [0, 0.1) is 5.82 Å². The van der Waals surface area contributed by atoms with E-state index < -0.39 is 11.9 Å². The summed E-state index contributed by atoms with van der Waals surface area (Å²) in [5.74, 6) is -0.314. The molecule has 0 radical (unpaired) electrons. The number of carbonyl (C=O) groups is 1. The lowest BCUT2D eigenvalue weighted by atomic mass is 10.0. The molecule has 9 nitrogen and oxygen atoms in total. The van der Waals surface area contributed by atoms with Crippen molar-refractivity contribution in [3.05, 3.63) is 81.5 Å². The zero-order valence-electron chi connectivity index (χ0n) is 21.5.